The monoisotopic (exact) mass is 549 g/mol. The number of amides is 1. The van der Waals surface area contributed by atoms with Crippen molar-refractivity contribution in [1.29, 1.82) is 0 Å². The van der Waals surface area contributed by atoms with E-state index in [0.717, 1.165) is 52.8 Å². The summed E-state index contributed by atoms with van der Waals surface area (Å²) in [7, 11) is 1.66. The normalized spacial score (nSPS) is 12.5. The van der Waals surface area contributed by atoms with Crippen molar-refractivity contribution in [2.24, 2.45) is 0 Å². The molecule has 1 amide bonds. The number of carboxylic acid groups (broad SMARTS) is 1. The van der Waals surface area contributed by atoms with E-state index >= 15 is 0 Å². The van der Waals surface area contributed by atoms with Crippen LogP contribution in [0.5, 0.6) is 5.75 Å². The first-order valence-corrected chi connectivity index (χ1v) is 14.7. The lowest BCUT2D eigenvalue weighted by Gasteiger charge is -2.20. The SMILES string of the molecule is CCCCC(OCc1ccc(C(=O)NC(CCSC)C(=O)O)c(-c2ccccc2C)c1)c1cccc(OC)c1. The Morgan fingerprint density at radius 1 is 1.00 bits per heavy atom. The summed E-state index contributed by atoms with van der Waals surface area (Å²) in [6, 6.07) is 20.6. The number of rotatable bonds is 15. The summed E-state index contributed by atoms with van der Waals surface area (Å²) >= 11 is 1.55. The van der Waals surface area contributed by atoms with Gasteiger partial charge >= 0.3 is 5.97 Å². The van der Waals surface area contributed by atoms with Crippen molar-refractivity contribution in [3.63, 3.8) is 0 Å². The van der Waals surface area contributed by atoms with Gasteiger partial charge in [-0.1, -0.05) is 62.2 Å². The lowest BCUT2D eigenvalue weighted by atomic mass is 9.93. The number of carboxylic acids is 1. The van der Waals surface area contributed by atoms with Crippen LogP contribution in [0.1, 0.15) is 65.8 Å². The minimum absolute atomic E-state index is 0.0855. The summed E-state index contributed by atoms with van der Waals surface area (Å²) < 4.78 is 11.9. The standard InChI is InChI=1S/C32H39NO5S/c1-5-6-14-30(24-11-9-12-25(20-24)37-3)38-21-23-15-16-27(28(19-23)26-13-8-7-10-22(26)2)31(34)33-29(32(35)36)17-18-39-4/h7-13,15-16,19-20,29-30H,5-6,14,17-18,21H2,1-4H3,(H,33,34)(H,35,36). The van der Waals surface area contributed by atoms with Gasteiger partial charge in [0.05, 0.1) is 19.8 Å². The number of ether oxygens (including phenoxy) is 2. The molecule has 0 fully saturated rings. The number of benzene rings is 3. The third-order valence-corrected chi connectivity index (χ3v) is 7.36. The van der Waals surface area contributed by atoms with Crippen LogP contribution in [0.2, 0.25) is 0 Å². The fourth-order valence-electron chi connectivity index (χ4n) is 4.48. The highest BCUT2D eigenvalue weighted by atomic mass is 32.2. The van der Waals surface area contributed by atoms with E-state index in [1.54, 1.807) is 24.9 Å². The van der Waals surface area contributed by atoms with Gasteiger partial charge in [-0.15, -0.1) is 0 Å². The highest BCUT2D eigenvalue weighted by Gasteiger charge is 2.23. The third kappa shape index (κ3) is 8.60. The molecule has 0 spiro atoms. The Kier molecular flexibility index (Phi) is 11.9. The lowest BCUT2D eigenvalue weighted by molar-refractivity contribution is -0.139. The van der Waals surface area contributed by atoms with Crippen LogP contribution in [0.15, 0.2) is 66.7 Å². The summed E-state index contributed by atoms with van der Waals surface area (Å²) in [6.45, 7) is 4.54. The molecule has 0 aromatic heterocycles. The Morgan fingerprint density at radius 3 is 2.49 bits per heavy atom. The van der Waals surface area contributed by atoms with Crippen molar-refractivity contribution >= 4 is 23.6 Å². The molecule has 0 aliphatic heterocycles. The number of unbranched alkanes of at least 4 members (excludes halogenated alkanes) is 1. The number of carbonyl (C=O) groups is 2. The Hall–Kier alpha value is -3.29. The van der Waals surface area contributed by atoms with E-state index in [4.69, 9.17) is 9.47 Å². The molecule has 0 heterocycles. The maximum absolute atomic E-state index is 13.3. The molecule has 3 aromatic rings. The quantitative estimate of drug-likeness (QED) is 0.211. The van der Waals surface area contributed by atoms with Crippen molar-refractivity contribution in [3.8, 4) is 16.9 Å². The van der Waals surface area contributed by atoms with Gasteiger partial charge in [0.15, 0.2) is 0 Å². The Morgan fingerprint density at radius 2 is 1.79 bits per heavy atom. The minimum atomic E-state index is -1.03. The van der Waals surface area contributed by atoms with Crippen molar-refractivity contribution in [2.75, 3.05) is 19.1 Å². The number of hydrogen-bond donors (Lipinski definition) is 2. The van der Waals surface area contributed by atoms with Crippen LogP contribution < -0.4 is 10.1 Å². The summed E-state index contributed by atoms with van der Waals surface area (Å²) in [6.07, 6.45) is 5.19. The lowest BCUT2D eigenvalue weighted by Crippen LogP contribution is -2.41. The zero-order valence-electron chi connectivity index (χ0n) is 23.2. The smallest absolute Gasteiger partial charge is 0.326 e. The number of thioether (sulfide) groups is 1. The van der Waals surface area contributed by atoms with Gasteiger partial charge in [0.25, 0.3) is 5.91 Å². The van der Waals surface area contributed by atoms with Gasteiger partial charge in [-0.05, 0) is 83.9 Å². The van der Waals surface area contributed by atoms with E-state index in [2.05, 4.69) is 18.3 Å². The highest BCUT2D eigenvalue weighted by Crippen LogP contribution is 2.31. The molecular formula is C32H39NO5S. The van der Waals surface area contributed by atoms with Crippen LogP contribution in [0.25, 0.3) is 11.1 Å². The summed E-state index contributed by atoms with van der Waals surface area (Å²) in [5, 5.41) is 12.4. The second kappa shape index (κ2) is 15.3. The largest absolute Gasteiger partial charge is 0.497 e. The topological polar surface area (TPSA) is 84.9 Å². The molecule has 3 aromatic carbocycles. The molecule has 0 saturated heterocycles. The van der Waals surface area contributed by atoms with Gasteiger partial charge in [-0.25, -0.2) is 4.79 Å². The average Bonchev–Trinajstić information content (AvgIpc) is 2.95. The van der Waals surface area contributed by atoms with Gasteiger partial charge in [0.1, 0.15) is 11.8 Å². The van der Waals surface area contributed by atoms with Crippen LogP contribution >= 0.6 is 11.8 Å². The molecule has 2 atom stereocenters. The number of methoxy groups -OCH3 is 1. The van der Waals surface area contributed by atoms with E-state index in [0.29, 0.717) is 24.3 Å². The van der Waals surface area contributed by atoms with E-state index < -0.39 is 17.9 Å². The fourth-order valence-corrected chi connectivity index (χ4v) is 4.95. The second-order valence-corrected chi connectivity index (χ2v) is 10.5. The van der Waals surface area contributed by atoms with E-state index in [1.165, 1.54) is 0 Å². The first-order chi connectivity index (χ1) is 18.9. The predicted molar refractivity (Wildman–Crippen MR) is 159 cm³/mol. The third-order valence-electron chi connectivity index (χ3n) is 6.71. The van der Waals surface area contributed by atoms with Gasteiger partial charge in [-0.2, -0.15) is 11.8 Å². The number of hydrogen-bond acceptors (Lipinski definition) is 5. The first-order valence-electron chi connectivity index (χ1n) is 13.3. The zero-order valence-corrected chi connectivity index (χ0v) is 24.1. The number of carbonyl (C=O) groups excluding carboxylic acids is 1. The molecule has 0 aliphatic rings. The summed E-state index contributed by atoms with van der Waals surface area (Å²) in [5.74, 6) is 0.0129. The molecule has 0 bridgehead atoms. The second-order valence-electron chi connectivity index (χ2n) is 9.56. The summed E-state index contributed by atoms with van der Waals surface area (Å²) in [4.78, 5) is 25.1. The van der Waals surface area contributed by atoms with E-state index in [9.17, 15) is 14.7 Å². The number of aryl methyl sites for hydroxylation is 1. The number of aliphatic carboxylic acids is 1. The van der Waals surface area contributed by atoms with Gasteiger partial charge < -0.3 is 19.9 Å². The van der Waals surface area contributed by atoms with E-state index in [1.807, 2.05) is 67.8 Å². The maximum Gasteiger partial charge on any atom is 0.326 e. The minimum Gasteiger partial charge on any atom is -0.497 e. The molecule has 2 unspecified atom stereocenters. The summed E-state index contributed by atoms with van der Waals surface area (Å²) in [5.41, 5.74) is 5.16. The van der Waals surface area contributed by atoms with Crippen molar-refractivity contribution in [3.05, 3.63) is 89.0 Å². The molecule has 3 rings (SSSR count). The highest BCUT2D eigenvalue weighted by molar-refractivity contribution is 7.98. The van der Waals surface area contributed by atoms with Crippen molar-refractivity contribution < 1.29 is 24.2 Å². The van der Waals surface area contributed by atoms with Gasteiger partial charge in [-0.3, -0.25) is 4.79 Å². The van der Waals surface area contributed by atoms with Gasteiger partial charge in [0.2, 0.25) is 0 Å². The zero-order chi connectivity index (χ0) is 28.2. The van der Waals surface area contributed by atoms with E-state index in [-0.39, 0.29) is 6.10 Å². The molecule has 6 nitrogen and oxygen atoms in total. The molecular weight excluding hydrogens is 510 g/mol. The maximum atomic E-state index is 13.3. The van der Waals surface area contributed by atoms with Crippen LogP contribution in [0.4, 0.5) is 0 Å². The van der Waals surface area contributed by atoms with Crippen molar-refractivity contribution in [1.82, 2.24) is 5.32 Å². The molecule has 208 valence electrons. The predicted octanol–water partition coefficient (Wildman–Crippen LogP) is 7.05. The van der Waals surface area contributed by atoms with Crippen molar-refractivity contribution in [2.45, 2.75) is 58.3 Å². The fraction of sp³-hybridized carbons (Fsp3) is 0.375. The molecule has 7 heteroatoms. The molecule has 39 heavy (non-hydrogen) atoms. The van der Waals surface area contributed by atoms with Crippen LogP contribution in [0.3, 0.4) is 0 Å². The molecule has 0 aliphatic carbocycles. The van der Waals surface area contributed by atoms with Crippen LogP contribution in [-0.2, 0) is 16.1 Å². The molecule has 2 N–H and O–H groups in total. The molecule has 0 saturated carbocycles. The van der Waals surface area contributed by atoms with Crippen LogP contribution in [0, 0.1) is 6.92 Å². The average molecular weight is 550 g/mol. The van der Waals surface area contributed by atoms with Crippen LogP contribution in [-0.4, -0.2) is 42.1 Å². The molecule has 0 radical (unpaired) electrons. The number of nitrogens with one attached hydrogen (secondary N) is 1. The Balaban J connectivity index is 1.91. The Labute approximate surface area is 236 Å². The first kappa shape index (κ1) is 30.3. The van der Waals surface area contributed by atoms with Gasteiger partial charge in [0, 0.05) is 5.56 Å². The Bertz CT molecular complexity index is 1240.